The van der Waals surface area contributed by atoms with Crippen molar-refractivity contribution < 1.29 is 18.7 Å². The summed E-state index contributed by atoms with van der Waals surface area (Å²) < 4.78 is 10.6. The Labute approximate surface area is 186 Å². The van der Waals surface area contributed by atoms with Crippen molar-refractivity contribution in [1.82, 2.24) is 15.0 Å². The summed E-state index contributed by atoms with van der Waals surface area (Å²) >= 11 is 2.55. The third-order valence-corrected chi connectivity index (χ3v) is 6.43. The second kappa shape index (κ2) is 9.40. The Morgan fingerprint density at radius 3 is 2.71 bits per heavy atom. The van der Waals surface area contributed by atoms with Gasteiger partial charge in [0, 0.05) is 16.5 Å². The zero-order valence-electron chi connectivity index (χ0n) is 16.9. The van der Waals surface area contributed by atoms with Crippen molar-refractivity contribution >= 4 is 45.8 Å². The lowest BCUT2D eigenvalue weighted by Crippen LogP contribution is -2.25. The average Bonchev–Trinajstić information content (AvgIpc) is 3.44. The van der Waals surface area contributed by atoms with Gasteiger partial charge in [-0.2, -0.15) is 0 Å². The molecule has 4 aromatic rings. The van der Waals surface area contributed by atoms with E-state index in [1.807, 2.05) is 36.6 Å². The number of rotatable bonds is 8. The van der Waals surface area contributed by atoms with Gasteiger partial charge in [0.1, 0.15) is 10.0 Å². The maximum Gasteiger partial charge on any atom is 0.323 e. The van der Waals surface area contributed by atoms with Gasteiger partial charge in [-0.05, 0) is 32.0 Å². The Kier molecular flexibility index (Phi) is 6.43. The van der Waals surface area contributed by atoms with Gasteiger partial charge in [-0.15, -0.1) is 11.3 Å². The molecule has 0 amide bonds. The summed E-state index contributed by atoms with van der Waals surface area (Å²) in [6.45, 7) is 3.73. The molecule has 3 heterocycles. The maximum absolute atomic E-state index is 13.1. The largest absolute Gasteiger partial charge is 0.465 e. The molecule has 0 saturated carbocycles. The molecule has 0 aliphatic heterocycles. The van der Waals surface area contributed by atoms with Crippen LogP contribution in [-0.4, -0.2) is 39.1 Å². The van der Waals surface area contributed by atoms with Crippen LogP contribution in [0.5, 0.6) is 0 Å². The normalized spacial score (nSPS) is 12.1. The standard InChI is InChI=1S/C22H19N3O4S2/c1-3-28-22(27)18(21-23-13(2)11-30-21)16(26)12-31-20-14-7-4-5-8-15(14)24-19(25-20)17-9-6-10-29-17/h4-11,18H,3,12H2,1-2H3. The van der Waals surface area contributed by atoms with Crippen molar-refractivity contribution in [1.29, 1.82) is 0 Å². The first-order valence-corrected chi connectivity index (χ1v) is 11.5. The molecule has 0 aliphatic carbocycles. The highest BCUT2D eigenvalue weighted by molar-refractivity contribution is 8.00. The number of carbonyl (C=O) groups is 2. The van der Waals surface area contributed by atoms with E-state index in [0.717, 1.165) is 16.6 Å². The van der Waals surface area contributed by atoms with Crippen molar-refractivity contribution in [3.8, 4) is 11.6 Å². The number of aryl methyl sites for hydroxylation is 1. The minimum atomic E-state index is -1.04. The molecule has 7 nitrogen and oxygen atoms in total. The second-order valence-corrected chi connectivity index (χ2v) is 8.47. The number of thiazole rings is 1. The predicted molar refractivity (Wildman–Crippen MR) is 119 cm³/mol. The van der Waals surface area contributed by atoms with Crippen LogP contribution in [0.1, 0.15) is 23.5 Å². The summed E-state index contributed by atoms with van der Waals surface area (Å²) in [5.41, 5.74) is 1.51. The first-order chi connectivity index (χ1) is 15.1. The topological polar surface area (TPSA) is 95.2 Å². The van der Waals surface area contributed by atoms with Gasteiger partial charge < -0.3 is 9.15 Å². The van der Waals surface area contributed by atoms with E-state index in [0.29, 0.717) is 21.6 Å². The summed E-state index contributed by atoms with van der Waals surface area (Å²) in [5, 5.41) is 3.73. The fourth-order valence-corrected chi connectivity index (χ4v) is 4.83. The number of para-hydroxylation sites is 1. The molecule has 0 N–H and O–H groups in total. The summed E-state index contributed by atoms with van der Waals surface area (Å²) in [4.78, 5) is 39.1. The van der Waals surface area contributed by atoms with Crippen LogP contribution in [0.25, 0.3) is 22.5 Å². The second-order valence-electron chi connectivity index (χ2n) is 6.61. The summed E-state index contributed by atoms with van der Waals surface area (Å²) in [6.07, 6.45) is 1.56. The van der Waals surface area contributed by atoms with Gasteiger partial charge >= 0.3 is 5.97 Å². The van der Waals surface area contributed by atoms with E-state index in [1.165, 1.54) is 23.1 Å². The van der Waals surface area contributed by atoms with Gasteiger partial charge in [0.2, 0.25) is 0 Å². The van der Waals surface area contributed by atoms with E-state index in [2.05, 4.69) is 15.0 Å². The van der Waals surface area contributed by atoms with Crippen molar-refractivity contribution in [3.63, 3.8) is 0 Å². The fraction of sp³-hybridized carbons (Fsp3) is 0.227. The number of furan rings is 1. The Morgan fingerprint density at radius 2 is 2.00 bits per heavy atom. The molecule has 158 valence electrons. The molecule has 1 unspecified atom stereocenters. The van der Waals surface area contributed by atoms with Crippen molar-refractivity contribution in [2.75, 3.05) is 12.4 Å². The van der Waals surface area contributed by atoms with Crippen LogP contribution in [0.4, 0.5) is 0 Å². The molecule has 1 aromatic carbocycles. The van der Waals surface area contributed by atoms with Gasteiger partial charge in [0.25, 0.3) is 0 Å². The first kappa shape index (κ1) is 21.2. The molecule has 4 rings (SSSR count). The van der Waals surface area contributed by atoms with Gasteiger partial charge in [0.15, 0.2) is 23.3 Å². The van der Waals surface area contributed by atoms with E-state index in [-0.39, 0.29) is 18.1 Å². The van der Waals surface area contributed by atoms with Crippen LogP contribution < -0.4 is 0 Å². The number of aromatic nitrogens is 3. The van der Waals surface area contributed by atoms with Crippen LogP contribution in [0, 0.1) is 6.92 Å². The van der Waals surface area contributed by atoms with Crippen LogP contribution >= 0.6 is 23.1 Å². The molecule has 0 spiro atoms. The number of ketones is 1. The number of carbonyl (C=O) groups excluding carboxylic acids is 2. The Hall–Kier alpha value is -3.04. The van der Waals surface area contributed by atoms with E-state index in [4.69, 9.17) is 9.15 Å². The number of thioether (sulfide) groups is 1. The van der Waals surface area contributed by atoms with Crippen LogP contribution in [0.3, 0.4) is 0 Å². The first-order valence-electron chi connectivity index (χ1n) is 9.61. The Balaban J connectivity index is 1.62. The zero-order chi connectivity index (χ0) is 21.8. The molecule has 0 bridgehead atoms. The average molecular weight is 454 g/mol. The number of benzene rings is 1. The van der Waals surface area contributed by atoms with E-state index in [9.17, 15) is 9.59 Å². The third-order valence-electron chi connectivity index (χ3n) is 4.39. The van der Waals surface area contributed by atoms with Gasteiger partial charge in [0.05, 0.1) is 24.1 Å². The zero-order valence-corrected chi connectivity index (χ0v) is 18.5. The molecule has 9 heteroatoms. The number of esters is 1. The molecular weight excluding hydrogens is 434 g/mol. The van der Waals surface area contributed by atoms with Gasteiger partial charge in [-0.25, -0.2) is 15.0 Å². The number of fused-ring (bicyclic) bond motifs is 1. The van der Waals surface area contributed by atoms with Gasteiger partial charge in [-0.1, -0.05) is 30.0 Å². The summed E-state index contributed by atoms with van der Waals surface area (Å²) in [7, 11) is 0. The minimum absolute atomic E-state index is 0.0424. The number of ether oxygens (including phenoxy) is 1. The molecule has 3 aromatic heterocycles. The quantitative estimate of drug-likeness (QED) is 0.164. The van der Waals surface area contributed by atoms with Crippen molar-refractivity contribution in [3.05, 3.63) is 58.7 Å². The molecule has 0 fully saturated rings. The number of Topliss-reactive ketones (excluding diaryl/α,β-unsaturated/α-hetero) is 1. The van der Waals surface area contributed by atoms with E-state index >= 15 is 0 Å². The fourth-order valence-electron chi connectivity index (χ4n) is 3.00. The molecule has 0 radical (unpaired) electrons. The lowest BCUT2D eigenvalue weighted by molar-refractivity contribution is -0.147. The Morgan fingerprint density at radius 1 is 1.16 bits per heavy atom. The highest BCUT2D eigenvalue weighted by Gasteiger charge is 2.32. The maximum atomic E-state index is 13.1. The third kappa shape index (κ3) is 4.67. The summed E-state index contributed by atoms with van der Waals surface area (Å²) in [6, 6.07) is 11.1. The van der Waals surface area contributed by atoms with Gasteiger partial charge in [-0.3, -0.25) is 9.59 Å². The summed E-state index contributed by atoms with van der Waals surface area (Å²) in [5.74, 6) is -0.867. The highest BCUT2D eigenvalue weighted by atomic mass is 32.2. The highest BCUT2D eigenvalue weighted by Crippen LogP contribution is 2.31. The van der Waals surface area contributed by atoms with Crippen LogP contribution in [0.2, 0.25) is 0 Å². The number of nitrogens with zero attached hydrogens (tertiary/aromatic N) is 3. The minimum Gasteiger partial charge on any atom is -0.465 e. The predicted octanol–water partition coefficient (Wildman–Crippen LogP) is 4.66. The lowest BCUT2D eigenvalue weighted by Gasteiger charge is -2.12. The smallest absolute Gasteiger partial charge is 0.323 e. The van der Waals surface area contributed by atoms with Crippen LogP contribution in [0.15, 0.2) is 57.5 Å². The Bertz CT molecular complexity index is 1220. The van der Waals surface area contributed by atoms with Crippen molar-refractivity contribution in [2.24, 2.45) is 0 Å². The lowest BCUT2D eigenvalue weighted by atomic mass is 10.1. The van der Waals surface area contributed by atoms with E-state index < -0.39 is 11.9 Å². The molecule has 0 saturated heterocycles. The molecular formula is C22H19N3O4S2. The van der Waals surface area contributed by atoms with E-state index in [1.54, 1.807) is 25.3 Å². The number of hydrogen-bond donors (Lipinski definition) is 0. The number of hydrogen-bond acceptors (Lipinski definition) is 9. The molecule has 0 aliphatic rings. The van der Waals surface area contributed by atoms with Crippen molar-refractivity contribution in [2.45, 2.75) is 24.8 Å². The molecule has 31 heavy (non-hydrogen) atoms. The molecule has 1 atom stereocenters. The van der Waals surface area contributed by atoms with Crippen LogP contribution in [-0.2, 0) is 14.3 Å². The SMILES string of the molecule is CCOC(=O)C(C(=O)CSc1nc(-c2ccco2)nc2ccccc12)c1nc(C)cs1. The monoisotopic (exact) mass is 453 g/mol.